The molecule has 2 amide bonds. The van der Waals surface area contributed by atoms with E-state index >= 15 is 0 Å². The molecule has 0 unspecified atom stereocenters. The first-order valence-electron chi connectivity index (χ1n) is 13.8. The summed E-state index contributed by atoms with van der Waals surface area (Å²) in [5, 5.41) is 75.7. The maximum Gasteiger partial charge on any atom is 0.251 e. The number of amides is 2. The van der Waals surface area contributed by atoms with Gasteiger partial charge in [0.2, 0.25) is 0 Å². The first-order chi connectivity index (χ1) is 20.1. The number of carbonyl (C=O) groups excluding carboxylic acids is 2. The van der Waals surface area contributed by atoms with Crippen LogP contribution >= 0.6 is 0 Å². The Balaban J connectivity index is 1.31. The highest BCUT2D eigenvalue weighted by molar-refractivity contribution is 5.95. The molecule has 4 rings (SSSR count). The largest absolute Gasteiger partial charge is 0.394 e. The quantitative estimate of drug-likeness (QED) is 0.148. The topological polar surface area (TPSA) is 218 Å². The van der Waals surface area contributed by atoms with Crippen molar-refractivity contribution < 1.29 is 54.8 Å². The summed E-state index contributed by atoms with van der Waals surface area (Å²) >= 11 is 0. The summed E-state index contributed by atoms with van der Waals surface area (Å²) in [5.74, 6) is -1.38. The van der Waals surface area contributed by atoms with Crippen molar-refractivity contribution in [2.24, 2.45) is 5.92 Å². The molecule has 0 radical (unpaired) electrons. The van der Waals surface area contributed by atoms with E-state index in [0.29, 0.717) is 11.1 Å². The summed E-state index contributed by atoms with van der Waals surface area (Å²) in [6.45, 7) is 0.949. The van der Waals surface area contributed by atoms with Crippen LogP contribution in [0.25, 0.3) is 0 Å². The molecule has 13 nitrogen and oxygen atoms in total. The molecule has 2 aliphatic heterocycles. The predicted molar refractivity (Wildman–Crippen MR) is 146 cm³/mol. The van der Waals surface area contributed by atoms with Crippen molar-refractivity contribution in [1.29, 1.82) is 0 Å². The van der Waals surface area contributed by atoms with Gasteiger partial charge in [0.1, 0.15) is 42.7 Å². The molecule has 2 aliphatic rings. The van der Waals surface area contributed by atoms with E-state index in [4.69, 9.17) is 9.47 Å². The average molecular weight is 591 g/mol. The Hall–Kier alpha value is -2.98. The lowest BCUT2D eigenvalue weighted by Gasteiger charge is -2.41. The number of nitrogens with one attached hydrogen (secondary N) is 2. The second-order valence-electron chi connectivity index (χ2n) is 10.6. The average Bonchev–Trinajstić information content (AvgIpc) is 3.01. The Morgan fingerprint density at radius 2 is 1.12 bits per heavy atom. The van der Waals surface area contributed by atoms with Crippen LogP contribution in [0.3, 0.4) is 0 Å². The van der Waals surface area contributed by atoms with Crippen molar-refractivity contribution in [3.63, 3.8) is 0 Å². The first-order valence-corrected chi connectivity index (χ1v) is 13.8. The van der Waals surface area contributed by atoms with Crippen LogP contribution in [-0.4, -0.2) is 117 Å². The van der Waals surface area contributed by atoms with Crippen LogP contribution in [0.1, 0.15) is 51.0 Å². The zero-order chi connectivity index (χ0) is 30.6. The second-order valence-corrected chi connectivity index (χ2v) is 10.6. The van der Waals surface area contributed by atoms with Gasteiger partial charge < -0.3 is 55.9 Å². The van der Waals surface area contributed by atoms with Crippen LogP contribution in [0.2, 0.25) is 0 Å². The van der Waals surface area contributed by atoms with Gasteiger partial charge in [-0.25, -0.2) is 0 Å². The Morgan fingerprint density at radius 1 is 0.667 bits per heavy atom. The zero-order valence-corrected chi connectivity index (χ0v) is 23.0. The minimum Gasteiger partial charge on any atom is -0.394 e. The summed E-state index contributed by atoms with van der Waals surface area (Å²) in [7, 11) is 0. The molecule has 0 saturated carbocycles. The molecular weight excluding hydrogens is 552 g/mol. The number of benzene rings is 2. The van der Waals surface area contributed by atoms with Crippen LogP contribution in [0.5, 0.6) is 0 Å². The van der Waals surface area contributed by atoms with E-state index in [9.17, 15) is 45.3 Å². The van der Waals surface area contributed by atoms with Gasteiger partial charge in [0.15, 0.2) is 0 Å². The molecule has 2 fully saturated rings. The van der Waals surface area contributed by atoms with E-state index < -0.39 is 79.3 Å². The number of rotatable bonds is 9. The van der Waals surface area contributed by atoms with Crippen LogP contribution in [-0.2, 0) is 9.47 Å². The van der Waals surface area contributed by atoms with Crippen molar-refractivity contribution in [1.82, 2.24) is 10.6 Å². The Morgan fingerprint density at radius 3 is 1.60 bits per heavy atom. The molecule has 0 aliphatic carbocycles. The molecule has 0 bridgehead atoms. The molecular formula is C29H38N2O11. The number of aliphatic hydroxyl groups excluding tert-OH is 7. The lowest BCUT2D eigenvalue weighted by Crippen LogP contribution is -2.55. The van der Waals surface area contributed by atoms with Gasteiger partial charge in [0.25, 0.3) is 11.8 Å². The first kappa shape index (κ1) is 31.9. The molecule has 2 aromatic carbocycles. The third-order valence-corrected chi connectivity index (χ3v) is 7.83. The Labute approximate surface area is 242 Å². The van der Waals surface area contributed by atoms with Crippen molar-refractivity contribution in [3.8, 4) is 0 Å². The van der Waals surface area contributed by atoms with Gasteiger partial charge in [-0.15, -0.1) is 0 Å². The van der Waals surface area contributed by atoms with E-state index in [2.05, 4.69) is 10.6 Å². The van der Waals surface area contributed by atoms with E-state index in [1.165, 1.54) is 18.2 Å². The number of hydrogen-bond donors (Lipinski definition) is 9. The van der Waals surface area contributed by atoms with Gasteiger partial charge in [-0.3, -0.25) is 9.59 Å². The van der Waals surface area contributed by atoms with Crippen molar-refractivity contribution in [2.45, 2.75) is 61.9 Å². The van der Waals surface area contributed by atoms with E-state index in [1.807, 2.05) is 0 Å². The van der Waals surface area contributed by atoms with Gasteiger partial charge in [-0.05, 0) is 35.4 Å². The third kappa shape index (κ3) is 6.80. The molecule has 0 spiro atoms. The van der Waals surface area contributed by atoms with Gasteiger partial charge in [0.05, 0.1) is 25.4 Å². The van der Waals surface area contributed by atoms with Crippen molar-refractivity contribution >= 4 is 11.8 Å². The Bertz CT molecular complexity index is 1130. The normalized spacial score (nSPS) is 33.1. The van der Waals surface area contributed by atoms with Gasteiger partial charge in [-0.1, -0.05) is 31.2 Å². The van der Waals surface area contributed by atoms with E-state index in [1.54, 1.807) is 37.3 Å². The summed E-state index contributed by atoms with van der Waals surface area (Å²) in [4.78, 5) is 25.5. The molecule has 10 atom stereocenters. The zero-order valence-electron chi connectivity index (χ0n) is 23.0. The summed E-state index contributed by atoms with van der Waals surface area (Å²) < 4.78 is 11.4. The number of carbonyl (C=O) groups is 2. The van der Waals surface area contributed by atoms with Gasteiger partial charge in [0, 0.05) is 30.1 Å². The second kappa shape index (κ2) is 14.0. The summed E-state index contributed by atoms with van der Waals surface area (Å²) in [6.07, 6.45) is -10.6. The SMILES string of the molecule is C[C@H]1[C@H](O)[C@H](O)[C@@H](c2cccc(C(=O)NCCNC(=O)c3cccc([C@H]4O[C@H](CO)[C@@H](O)[C@H](O)[C@@H]4O)c3)c2)O[C@@H]1CO. The van der Waals surface area contributed by atoms with Crippen LogP contribution in [0.4, 0.5) is 0 Å². The van der Waals surface area contributed by atoms with Gasteiger partial charge in [-0.2, -0.15) is 0 Å². The predicted octanol–water partition coefficient (Wildman–Crippen LogP) is -1.85. The highest BCUT2D eigenvalue weighted by Gasteiger charge is 2.44. The minimum absolute atomic E-state index is 0.0846. The molecule has 230 valence electrons. The molecule has 42 heavy (non-hydrogen) atoms. The number of hydrogen-bond acceptors (Lipinski definition) is 11. The fourth-order valence-corrected chi connectivity index (χ4v) is 5.23. The van der Waals surface area contributed by atoms with Gasteiger partial charge >= 0.3 is 0 Å². The molecule has 2 aromatic rings. The molecule has 0 aromatic heterocycles. The van der Waals surface area contributed by atoms with Crippen LogP contribution in [0, 0.1) is 5.92 Å². The van der Waals surface area contributed by atoms with Crippen molar-refractivity contribution in [3.05, 3.63) is 70.8 Å². The van der Waals surface area contributed by atoms with E-state index in [-0.39, 0.29) is 30.8 Å². The number of ether oxygens (including phenoxy) is 2. The summed E-state index contributed by atoms with van der Waals surface area (Å²) in [5.41, 5.74) is 1.34. The number of aliphatic hydroxyl groups is 7. The molecule has 13 heteroatoms. The molecule has 2 saturated heterocycles. The van der Waals surface area contributed by atoms with E-state index in [0.717, 1.165) is 0 Å². The maximum absolute atomic E-state index is 12.8. The third-order valence-electron chi connectivity index (χ3n) is 7.83. The molecule has 2 heterocycles. The standard InChI is InChI=1S/C29H38N2O11/c1-14-19(12-32)41-26(24(37)21(14)34)15-4-2-6-17(10-15)28(39)30-8-9-31-29(40)18-7-3-5-16(11-18)27-25(38)23(36)22(35)20(13-33)42-27/h2-7,10-11,14,19-27,32-38H,8-9,12-13H2,1H3,(H,30,39)(H,31,40)/t14-,19-,20-,21+,22-,23+,24+,25+,26-,27-/m1/s1. The lowest BCUT2D eigenvalue weighted by molar-refractivity contribution is -0.231. The fourth-order valence-electron chi connectivity index (χ4n) is 5.23. The van der Waals surface area contributed by atoms with Crippen LogP contribution < -0.4 is 10.6 Å². The monoisotopic (exact) mass is 590 g/mol. The minimum atomic E-state index is -1.55. The molecule has 9 N–H and O–H groups in total. The smallest absolute Gasteiger partial charge is 0.251 e. The fraction of sp³-hybridized carbons (Fsp3) is 0.517. The highest BCUT2D eigenvalue weighted by atomic mass is 16.5. The van der Waals surface area contributed by atoms with Crippen molar-refractivity contribution in [2.75, 3.05) is 26.3 Å². The van der Waals surface area contributed by atoms with Crippen LogP contribution in [0.15, 0.2) is 48.5 Å². The summed E-state index contributed by atoms with van der Waals surface area (Å²) in [6, 6.07) is 12.5. The lowest BCUT2D eigenvalue weighted by atomic mass is 9.85. The highest BCUT2D eigenvalue weighted by Crippen LogP contribution is 2.35. The Kier molecular flexibility index (Phi) is 10.6. The maximum atomic E-state index is 12.8.